The number of unbranched alkanes of at least 4 members (excludes halogenated alkanes) is 8. The minimum Gasteiger partial charge on any atom is -0.372 e. The smallest absolute Gasteiger partial charge is 0.309 e. The maximum atomic E-state index is 12.0. The summed E-state index contributed by atoms with van der Waals surface area (Å²) in [6.07, 6.45) is 14.4. The molecule has 34 heavy (non-hydrogen) atoms. The van der Waals surface area contributed by atoms with Crippen LogP contribution >= 0.6 is 0 Å². The van der Waals surface area contributed by atoms with Crippen molar-refractivity contribution in [3.63, 3.8) is 0 Å². The zero-order chi connectivity index (χ0) is 25.1. The standard InChI is InChI=1S/C24H37N3O6S/c25-23(29)24(30)26-18-14-9-7-5-3-1-2-4-6-8-10-15-19-33-20-22(28)27-34(31,32)21-16-12-11-13-17-21/h1,3,11-13,16-17H,2,4-10,14-15,18-20H2,(H2,25,29)(H,26,30)(H,27,28)/b3-1-. The van der Waals surface area contributed by atoms with Gasteiger partial charge in [0.05, 0.1) is 4.90 Å². The van der Waals surface area contributed by atoms with Crippen molar-refractivity contribution in [1.82, 2.24) is 10.0 Å². The second kappa shape index (κ2) is 17.7. The highest BCUT2D eigenvalue weighted by Gasteiger charge is 2.16. The number of ether oxygens (including phenoxy) is 1. The number of rotatable bonds is 18. The topological polar surface area (TPSA) is 145 Å². The van der Waals surface area contributed by atoms with Gasteiger partial charge in [-0.15, -0.1) is 0 Å². The van der Waals surface area contributed by atoms with Gasteiger partial charge in [0.1, 0.15) is 6.61 Å². The molecular weight excluding hydrogens is 458 g/mol. The van der Waals surface area contributed by atoms with Crippen LogP contribution < -0.4 is 15.8 Å². The maximum absolute atomic E-state index is 12.0. The van der Waals surface area contributed by atoms with Crippen LogP contribution in [-0.4, -0.2) is 45.9 Å². The summed E-state index contributed by atoms with van der Waals surface area (Å²) in [4.78, 5) is 33.3. The van der Waals surface area contributed by atoms with Gasteiger partial charge in [0.2, 0.25) is 0 Å². The molecule has 1 rings (SSSR count). The van der Waals surface area contributed by atoms with E-state index in [-0.39, 0.29) is 11.5 Å². The first-order valence-corrected chi connectivity index (χ1v) is 13.2. The lowest BCUT2D eigenvalue weighted by atomic mass is 10.1. The average molecular weight is 496 g/mol. The summed E-state index contributed by atoms with van der Waals surface area (Å²) in [5, 5.41) is 2.47. The van der Waals surface area contributed by atoms with Crippen LogP contribution in [0.5, 0.6) is 0 Å². The molecule has 0 saturated carbocycles. The van der Waals surface area contributed by atoms with E-state index in [2.05, 4.69) is 17.5 Å². The summed E-state index contributed by atoms with van der Waals surface area (Å²) >= 11 is 0. The molecule has 0 radical (unpaired) electrons. The van der Waals surface area contributed by atoms with E-state index in [9.17, 15) is 22.8 Å². The molecular formula is C24H37N3O6S. The summed E-state index contributed by atoms with van der Waals surface area (Å²) in [6.45, 7) is 0.615. The van der Waals surface area contributed by atoms with Crippen LogP contribution in [0.25, 0.3) is 0 Å². The molecule has 0 aliphatic rings. The zero-order valence-corrected chi connectivity index (χ0v) is 20.5. The number of carbonyl (C=O) groups is 3. The van der Waals surface area contributed by atoms with Gasteiger partial charge in [-0.25, -0.2) is 13.1 Å². The first-order valence-electron chi connectivity index (χ1n) is 11.7. The Labute approximate surface area is 202 Å². The van der Waals surface area contributed by atoms with Crippen LogP contribution in [0, 0.1) is 0 Å². The van der Waals surface area contributed by atoms with Crippen molar-refractivity contribution < 1.29 is 27.5 Å². The summed E-state index contributed by atoms with van der Waals surface area (Å²) in [7, 11) is -3.85. The quantitative estimate of drug-likeness (QED) is 0.162. The lowest BCUT2D eigenvalue weighted by molar-refractivity contribution is -0.137. The number of sulfonamides is 1. The molecule has 0 fully saturated rings. The van der Waals surface area contributed by atoms with Crippen molar-refractivity contribution in [2.45, 2.75) is 69.1 Å². The molecule has 0 saturated heterocycles. The molecule has 0 aliphatic heterocycles. The van der Waals surface area contributed by atoms with Crippen LogP contribution in [0.15, 0.2) is 47.4 Å². The van der Waals surface area contributed by atoms with Gasteiger partial charge in [0.15, 0.2) is 0 Å². The molecule has 1 aromatic carbocycles. The van der Waals surface area contributed by atoms with Gasteiger partial charge in [-0.05, 0) is 50.7 Å². The number of nitrogens with one attached hydrogen (secondary N) is 2. The fourth-order valence-electron chi connectivity index (χ4n) is 3.09. The predicted molar refractivity (Wildman–Crippen MR) is 130 cm³/mol. The van der Waals surface area contributed by atoms with E-state index in [1.165, 1.54) is 12.1 Å². The molecule has 4 N–H and O–H groups in total. The lowest BCUT2D eigenvalue weighted by Crippen LogP contribution is -2.36. The highest BCUT2D eigenvalue weighted by Crippen LogP contribution is 2.08. The van der Waals surface area contributed by atoms with Crippen LogP contribution in [-0.2, 0) is 29.1 Å². The highest BCUT2D eigenvalue weighted by atomic mass is 32.2. The molecule has 0 unspecified atom stereocenters. The number of nitrogens with two attached hydrogens (primary N) is 1. The van der Waals surface area contributed by atoms with E-state index in [0.29, 0.717) is 13.2 Å². The van der Waals surface area contributed by atoms with Crippen molar-refractivity contribution in [2.75, 3.05) is 19.8 Å². The van der Waals surface area contributed by atoms with Crippen molar-refractivity contribution in [3.8, 4) is 0 Å². The number of hydrogen-bond acceptors (Lipinski definition) is 6. The van der Waals surface area contributed by atoms with Gasteiger partial charge in [-0.3, -0.25) is 14.4 Å². The Bertz CT molecular complexity index is 872. The second-order valence-electron chi connectivity index (χ2n) is 7.89. The van der Waals surface area contributed by atoms with E-state index < -0.39 is 27.7 Å². The Morgan fingerprint density at radius 3 is 2.09 bits per heavy atom. The predicted octanol–water partition coefficient (Wildman–Crippen LogP) is 2.57. The summed E-state index contributed by atoms with van der Waals surface area (Å²) < 4.78 is 31.4. The van der Waals surface area contributed by atoms with E-state index in [4.69, 9.17) is 10.5 Å². The normalized spacial score (nSPS) is 11.4. The number of amides is 3. The summed E-state index contributed by atoms with van der Waals surface area (Å²) in [6, 6.07) is 7.74. The van der Waals surface area contributed by atoms with Crippen LogP contribution in [0.2, 0.25) is 0 Å². The molecule has 9 nitrogen and oxygen atoms in total. The number of benzene rings is 1. The first kappa shape index (κ1) is 29.3. The van der Waals surface area contributed by atoms with Crippen molar-refractivity contribution >= 4 is 27.7 Å². The van der Waals surface area contributed by atoms with Gasteiger partial charge < -0.3 is 15.8 Å². The van der Waals surface area contributed by atoms with Gasteiger partial charge >= 0.3 is 11.8 Å². The number of carbonyl (C=O) groups excluding carboxylic acids is 3. The van der Waals surface area contributed by atoms with Crippen LogP contribution in [0.1, 0.15) is 64.2 Å². The zero-order valence-electron chi connectivity index (χ0n) is 19.7. The van der Waals surface area contributed by atoms with E-state index in [1.54, 1.807) is 18.2 Å². The van der Waals surface area contributed by atoms with Crippen LogP contribution in [0.4, 0.5) is 0 Å². The Kier molecular flexibility index (Phi) is 15.3. The Balaban J connectivity index is 1.90. The molecule has 190 valence electrons. The highest BCUT2D eigenvalue weighted by molar-refractivity contribution is 7.90. The fraction of sp³-hybridized carbons (Fsp3) is 0.542. The first-order chi connectivity index (χ1) is 16.3. The van der Waals surface area contributed by atoms with Gasteiger partial charge in [-0.2, -0.15) is 0 Å². The van der Waals surface area contributed by atoms with Crippen LogP contribution in [0.3, 0.4) is 0 Å². The molecule has 0 heterocycles. The van der Waals surface area contributed by atoms with Gasteiger partial charge in [-0.1, -0.05) is 56.0 Å². The van der Waals surface area contributed by atoms with E-state index in [0.717, 1.165) is 64.2 Å². The third kappa shape index (κ3) is 14.4. The SMILES string of the molecule is NC(=O)C(=O)NCCCCC/C=C\CCCCCCCOCC(=O)NS(=O)(=O)c1ccccc1. The Morgan fingerprint density at radius 1 is 0.853 bits per heavy atom. The summed E-state index contributed by atoms with van der Waals surface area (Å²) in [5.74, 6) is -2.35. The van der Waals surface area contributed by atoms with Gasteiger partial charge in [0.25, 0.3) is 15.9 Å². The fourth-order valence-corrected chi connectivity index (χ4v) is 4.08. The minimum atomic E-state index is -3.85. The van der Waals surface area contributed by atoms with E-state index >= 15 is 0 Å². The minimum absolute atomic E-state index is 0.0446. The average Bonchev–Trinajstić information content (AvgIpc) is 2.81. The molecule has 10 heteroatoms. The maximum Gasteiger partial charge on any atom is 0.309 e. The lowest BCUT2D eigenvalue weighted by Gasteiger charge is -2.07. The third-order valence-corrected chi connectivity index (χ3v) is 6.31. The number of primary amides is 1. The Hall–Kier alpha value is -2.72. The molecule has 0 aromatic heterocycles. The molecule has 0 bridgehead atoms. The monoisotopic (exact) mass is 495 g/mol. The second-order valence-corrected chi connectivity index (χ2v) is 9.57. The third-order valence-electron chi connectivity index (χ3n) is 4.92. The van der Waals surface area contributed by atoms with Gasteiger partial charge in [0, 0.05) is 13.2 Å². The largest absolute Gasteiger partial charge is 0.372 e. The Morgan fingerprint density at radius 2 is 1.44 bits per heavy atom. The molecule has 0 spiro atoms. The number of allylic oxidation sites excluding steroid dienone is 2. The molecule has 0 atom stereocenters. The van der Waals surface area contributed by atoms with Crippen molar-refractivity contribution in [3.05, 3.63) is 42.5 Å². The number of hydrogen-bond donors (Lipinski definition) is 3. The van der Waals surface area contributed by atoms with E-state index in [1.807, 2.05) is 4.72 Å². The van der Waals surface area contributed by atoms with Crippen molar-refractivity contribution in [1.29, 1.82) is 0 Å². The molecule has 1 aromatic rings. The van der Waals surface area contributed by atoms with Crippen molar-refractivity contribution in [2.24, 2.45) is 5.73 Å². The molecule has 0 aliphatic carbocycles. The molecule has 3 amide bonds. The summed E-state index contributed by atoms with van der Waals surface area (Å²) in [5.41, 5.74) is 4.85.